The van der Waals surface area contributed by atoms with Crippen LogP contribution in [0.25, 0.3) is 10.9 Å². The summed E-state index contributed by atoms with van der Waals surface area (Å²) in [7, 11) is 0. The van der Waals surface area contributed by atoms with Crippen LogP contribution < -0.4 is 5.32 Å². The quantitative estimate of drug-likeness (QED) is 0.592. The monoisotopic (exact) mass is 401 g/mol. The van der Waals surface area contributed by atoms with E-state index < -0.39 is 11.7 Å². The van der Waals surface area contributed by atoms with Crippen molar-refractivity contribution >= 4 is 34.2 Å². The Morgan fingerprint density at radius 3 is 2.57 bits per heavy atom. The molecule has 0 saturated carbocycles. The molecule has 1 aromatic carbocycles. The number of aliphatic imine (C=N–C) groups is 1. The second-order valence-electron chi connectivity index (χ2n) is 8.62. The lowest BCUT2D eigenvalue weighted by Gasteiger charge is -2.34. The zero-order valence-electron chi connectivity index (χ0n) is 17.4. The third kappa shape index (κ3) is 3.45. The third-order valence-electron chi connectivity index (χ3n) is 5.40. The van der Waals surface area contributed by atoms with Crippen molar-refractivity contribution in [1.29, 1.82) is 0 Å². The molecule has 0 fully saturated rings. The third-order valence-corrected chi connectivity index (χ3v) is 5.40. The number of carbonyl (C=O) groups is 3. The highest BCUT2D eigenvalue weighted by Crippen LogP contribution is 2.38. The average Bonchev–Trinajstić information content (AvgIpc) is 3.01. The van der Waals surface area contributed by atoms with Gasteiger partial charge in [-0.15, -0.1) is 0 Å². The molecule has 0 bridgehead atoms. The number of aromatic amines is 1. The second kappa shape index (κ2) is 7.06. The number of hydrogen-bond acceptors (Lipinski definition) is 3. The zero-order valence-corrected chi connectivity index (χ0v) is 17.4. The van der Waals surface area contributed by atoms with E-state index in [4.69, 9.17) is 0 Å². The number of fused-ring (bicyclic) bond motifs is 2. The van der Waals surface area contributed by atoms with E-state index in [0.29, 0.717) is 28.1 Å². The molecule has 0 saturated heterocycles. The predicted molar refractivity (Wildman–Crippen MR) is 116 cm³/mol. The Morgan fingerprint density at radius 2 is 1.83 bits per heavy atom. The van der Waals surface area contributed by atoms with Gasteiger partial charge in [0.1, 0.15) is 0 Å². The number of benzene rings is 1. The predicted octanol–water partition coefficient (Wildman–Crippen LogP) is 3.80. The number of amides is 2. The van der Waals surface area contributed by atoms with Crippen LogP contribution in [0.5, 0.6) is 0 Å². The van der Waals surface area contributed by atoms with E-state index in [-0.39, 0.29) is 17.2 Å². The van der Waals surface area contributed by atoms with Crippen LogP contribution in [0.3, 0.4) is 0 Å². The summed E-state index contributed by atoms with van der Waals surface area (Å²) >= 11 is 0. The van der Waals surface area contributed by atoms with Crippen LogP contribution in [-0.4, -0.2) is 28.3 Å². The number of nitrogens with zero attached hydrogens (tertiary/aromatic N) is 1. The fourth-order valence-corrected chi connectivity index (χ4v) is 3.99. The summed E-state index contributed by atoms with van der Waals surface area (Å²) in [5.41, 5.74) is 3.59. The van der Waals surface area contributed by atoms with Crippen molar-refractivity contribution in [2.24, 2.45) is 16.3 Å². The molecule has 2 N–H and O–H groups in total. The van der Waals surface area contributed by atoms with Gasteiger partial charge in [-0.3, -0.25) is 14.4 Å². The van der Waals surface area contributed by atoms with Gasteiger partial charge in [-0.25, -0.2) is 4.99 Å². The molecule has 4 rings (SSSR count). The van der Waals surface area contributed by atoms with Gasteiger partial charge in [0.15, 0.2) is 0 Å². The molecule has 6 heteroatoms. The zero-order chi connectivity index (χ0) is 21.6. The highest BCUT2D eigenvalue weighted by atomic mass is 16.2. The standard InChI is InChI=1S/C24H23N3O3/c1-13-21(16-7-5-6-8-18(16)25-13)22(29)23(30)26-14-9-10-15-17(24(2,3)4)12-20(28)27-19(15)11-14/h5-12,15,25H,1-4H3,(H,27,28). The first-order chi connectivity index (χ1) is 14.1. The summed E-state index contributed by atoms with van der Waals surface area (Å²) in [6, 6.07) is 7.35. The molecule has 2 aromatic rings. The van der Waals surface area contributed by atoms with E-state index in [1.807, 2.05) is 24.3 Å². The smallest absolute Gasteiger partial charge is 0.318 e. The number of hydrogen-bond donors (Lipinski definition) is 2. The van der Waals surface area contributed by atoms with Crippen molar-refractivity contribution in [2.75, 3.05) is 0 Å². The van der Waals surface area contributed by atoms with Crippen molar-refractivity contribution in [3.8, 4) is 0 Å². The first-order valence-corrected chi connectivity index (χ1v) is 9.82. The average molecular weight is 401 g/mol. The molecular weight excluding hydrogens is 378 g/mol. The lowest BCUT2D eigenvalue weighted by molar-refractivity contribution is -0.116. The molecule has 1 aliphatic heterocycles. The Kier molecular flexibility index (Phi) is 4.65. The minimum Gasteiger partial charge on any atom is -0.358 e. The van der Waals surface area contributed by atoms with Gasteiger partial charge in [-0.05, 0) is 36.1 Å². The lowest BCUT2D eigenvalue weighted by atomic mass is 9.74. The normalized spacial score (nSPS) is 19.9. The number of aromatic nitrogens is 1. The number of aryl methyl sites for hydroxylation is 1. The molecule has 2 aliphatic rings. The molecule has 0 radical (unpaired) electrons. The number of nitrogens with one attached hydrogen (secondary N) is 2. The maximum absolute atomic E-state index is 12.8. The van der Waals surface area contributed by atoms with E-state index in [2.05, 4.69) is 36.1 Å². The van der Waals surface area contributed by atoms with E-state index in [1.165, 1.54) is 0 Å². The van der Waals surface area contributed by atoms with Crippen LogP contribution in [0.15, 0.2) is 64.8 Å². The molecule has 1 atom stereocenters. The summed E-state index contributed by atoms with van der Waals surface area (Å²) < 4.78 is 0. The van der Waals surface area contributed by atoms with Gasteiger partial charge in [0.05, 0.1) is 11.3 Å². The number of Topliss-reactive ketones (excluding diaryl/α,β-unsaturated/α-hetero) is 1. The summed E-state index contributed by atoms with van der Waals surface area (Å²) in [6.07, 6.45) is 6.91. The Balaban J connectivity index is 1.64. The fourth-order valence-electron chi connectivity index (χ4n) is 3.99. The molecule has 1 aromatic heterocycles. The van der Waals surface area contributed by atoms with Crippen LogP contribution in [0.2, 0.25) is 0 Å². The van der Waals surface area contributed by atoms with E-state index in [1.54, 1.807) is 31.2 Å². The van der Waals surface area contributed by atoms with Crippen molar-refractivity contribution < 1.29 is 14.4 Å². The molecule has 0 spiro atoms. The summed E-state index contributed by atoms with van der Waals surface area (Å²) in [5, 5.41) is 3.53. The van der Waals surface area contributed by atoms with Gasteiger partial charge in [0.25, 0.3) is 5.78 Å². The maximum atomic E-state index is 12.8. The van der Waals surface area contributed by atoms with Gasteiger partial charge >= 0.3 is 5.91 Å². The molecule has 2 heterocycles. The van der Waals surface area contributed by atoms with Crippen molar-refractivity contribution in [3.63, 3.8) is 0 Å². The first kappa shape index (κ1) is 19.8. The van der Waals surface area contributed by atoms with Crippen LogP contribution in [0.1, 0.15) is 36.8 Å². The highest BCUT2D eigenvalue weighted by Gasteiger charge is 2.33. The van der Waals surface area contributed by atoms with Crippen molar-refractivity contribution in [2.45, 2.75) is 27.7 Å². The number of ketones is 1. The number of H-pyrrole nitrogens is 1. The fraction of sp³-hybridized carbons (Fsp3) is 0.250. The minimum atomic E-state index is -0.841. The van der Waals surface area contributed by atoms with Gasteiger partial charge < -0.3 is 10.3 Å². The highest BCUT2D eigenvalue weighted by molar-refractivity contribution is 6.47. The Hall–Kier alpha value is -3.54. The molecule has 152 valence electrons. The summed E-state index contributed by atoms with van der Waals surface area (Å²) in [5.74, 6) is -1.78. The first-order valence-electron chi connectivity index (χ1n) is 9.82. The number of carbonyl (C=O) groups excluding carboxylic acids is 3. The van der Waals surface area contributed by atoms with Gasteiger partial charge in [-0.1, -0.05) is 45.0 Å². The number of allylic oxidation sites excluding steroid dienone is 3. The molecule has 6 nitrogen and oxygen atoms in total. The van der Waals surface area contributed by atoms with Crippen LogP contribution in [0, 0.1) is 18.3 Å². The number of rotatable bonds is 2. The molecule has 1 aliphatic carbocycles. The van der Waals surface area contributed by atoms with E-state index >= 15 is 0 Å². The van der Waals surface area contributed by atoms with Crippen molar-refractivity contribution in [1.82, 2.24) is 10.3 Å². The topological polar surface area (TPSA) is 91.4 Å². The maximum Gasteiger partial charge on any atom is 0.318 e. The molecular formula is C24H23N3O3. The Bertz CT molecular complexity index is 1220. The number of para-hydroxylation sites is 1. The van der Waals surface area contributed by atoms with Gasteiger partial charge in [-0.2, -0.15) is 0 Å². The SMILES string of the molecule is Cc1[nH]c2ccccc2c1C(=O)C(=O)N=C1C=CC2C(=C1)NC(=O)C=C2C(C)(C)C. The van der Waals surface area contributed by atoms with Gasteiger partial charge in [0.2, 0.25) is 5.91 Å². The Morgan fingerprint density at radius 1 is 1.10 bits per heavy atom. The lowest BCUT2D eigenvalue weighted by Crippen LogP contribution is -2.36. The second-order valence-corrected chi connectivity index (χ2v) is 8.62. The van der Waals surface area contributed by atoms with E-state index in [9.17, 15) is 14.4 Å². The van der Waals surface area contributed by atoms with Gasteiger partial charge in [0, 0.05) is 34.3 Å². The largest absolute Gasteiger partial charge is 0.358 e. The summed E-state index contributed by atoms with van der Waals surface area (Å²) in [4.78, 5) is 44.7. The van der Waals surface area contributed by atoms with Crippen molar-refractivity contribution in [3.05, 3.63) is 71.1 Å². The van der Waals surface area contributed by atoms with Crippen LogP contribution >= 0.6 is 0 Å². The van der Waals surface area contributed by atoms with E-state index in [0.717, 1.165) is 11.1 Å². The molecule has 30 heavy (non-hydrogen) atoms. The molecule has 1 unspecified atom stereocenters. The minimum absolute atomic E-state index is 0.0803. The van der Waals surface area contributed by atoms with Crippen LogP contribution in [0.4, 0.5) is 0 Å². The summed E-state index contributed by atoms with van der Waals surface area (Å²) in [6.45, 7) is 7.92. The molecule has 2 amide bonds. The van der Waals surface area contributed by atoms with Crippen LogP contribution in [-0.2, 0) is 9.59 Å². The Labute approximate surface area is 174 Å².